The van der Waals surface area contributed by atoms with Gasteiger partial charge in [-0.25, -0.2) is 0 Å². The molecule has 0 aromatic rings. The summed E-state index contributed by atoms with van der Waals surface area (Å²) in [7, 11) is 1.84. The third-order valence-electron chi connectivity index (χ3n) is 2.31. The fourth-order valence-electron chi connectivity index (χ4n) is 1.22. The molecule has 1 amide bonds. The van der Waals surface area contributed by atoms with E-state index < -0.39 is 0 Å². The first-order valence-corrected chi connectivity index (χ1v) is 5.91. The Kier molecular flexibility index (Phi) is 4.36. The minimum atomic E-state index is 0.157. The van der Waals surface area contributed by atoms with E-state index in [2.05, 4.69) is 0 Å². The molecule has 0 bridgehead atoms. The zero-order valence-electron chi connectivity index (χ0n) is 8.38. The standard InChI is InChI=1S/C10H17NOS/c1-3-11(2)10(12)8-9-4-6-13-7-5-9/h8H,3-7H2,1-2H3. The molecule has 1 aliphatic rings. The second-order valence-corrected chi connectivity index (χ2v) is 4.49. The van der Waals surface area contributed by atoms with Crippen LogP contribution in [0.1, 0.15) is 19.8 Å². The lowest BCUT2D eigenvalue weighted by Gasteiger charge is -2.16. The summed E-state index contributed by atoms with van der Waals surface area (Å²) in [5.74, 6) is 2.51. The minimum absolute atomic E-state index is 0.157. The number of carbonyl (C=O) groups excluding carboxylic acids is 1. The Hall–Kier alpha value is -0.440. The molecule has 0 aromatic carbocycles. The molecule has 1 fully saturated rings. The van der Waals surface area contributed by atoms with Gasteiger partial charge in [0.1, 0.15) is 0 Å². The van der Waals surface area contributed by atoms with Crippen molar-refractivity contribution in [2.75, 3.05) is 25.1 Å². The molecule has 1 saturated heterocycles. The van der Waals surface area contributed by atoms with Crippen LogP contribution in [0.4, 0.5) is 0 Å². The lowest BCUT2D eigenvalue weighted by atomic mass is 10.1. The lowest BCUT2D eigenvalue weighted by Crippen LogP contribution is -2.24. The van der Waals surface area contributed by atoms with Crippen LogP contribution in [0.15, 0.2) is 11.6 Å². The summed E-state index contributed by atoms with van der Waals surface area (Å²) in [4.78, 5) is 13.2. The summed E-state index contributed by atoms with van der Waals surface area (Å²) in [5.41, 5.74) is 1.32. The zero-order valence-corrected chi connectivity index (χ0v) is 9.19. The molecule has 0 unspecified atom stereocenters. The number of hydrogen-bond acceptors (Lipinski definition) is 2. The monoisotopic (exact) mass is 199 g/mol. The van der Waals surface area contributed by atoms with Crippen LogP contribution < -0.4 is 0 Å². The van der Waals surface area contributed by atoms with E-state index >= 15 is 0 Å². The molecule has 0 saturated carbocycles. The molecule has 1 rings (SSSR count). The fourth-order valence-corrected chi connectivity index (χ4v) is 2.24. The quantitative estimate of drug-likeness (QED) is 0.633. The van der Waals surface area contributed by atoms with Crippen LogP contribution in [0.5, 0.6) is 0 Å². The van der Waals surface area contributed by atoms with E-state index in [1.807, 2.05) is 31.8 Å². The van der Waals surface area contributed by atoms with Crippen LogP contribution in [-0.4, -0.2) is 35.9 Å². The van der Waals surface area contributed by atoms with Gasteiger partial charge in [0.05, 0.1) is 0 Å². The topological polar surface area (TPSA) is 20.3 Å². The van der Waals surface area contributed by atoms with Crippen LogP contribution in [0, 0.1) is 0 Å². The van der Waals surface area contributed by atoms with Gasteiger partial charge in [0.2, 0.25) is 5.91 Å². The largest absolute Gasteiger partial charge is 0.343 e. The van der Waals surface area contributed by atoms with Gasteiger partial charge in [-0.3, -0.25) is 4.79 Å². The Balaban J connectivity index is 2.48. The third kappa shape index (κ3) is 3.43. The molecule has 74 valence electrons. The number of likely N-dealkylation sites (N-methyl/N-ethyl adjacent to an activating group) is 1. The Bertz CT molecular complexity index is 205. The van der Waals surface area contributed by atoms with Crippen molar-refractivity contribution >= 4 is 17.7 Å². The van der Waals surface area contributed by atoms with Crippen LogP contribution in [0.3, 0.4) is 0 Å². The van der Waals surface area contributed by atoms with Gasteiger partial charge in [-0.05, 0) is 31.3 Å². The first-order chi connectivity index (χ1) is 6.24. The predicted molar refractivity (Wildman–Crippen MR) is 58.0 cm³/mol. The van der Waals surface area contributed by atoms with Crippen molar-refractivity contribution < 1.29 is 4.79 Å². The van der Waals surface area contributed by atoms with Gasteiger partial charge in [0.25, 0.3) is 0 Å². The van der Waals surface area contributed by atoms with E-state index in [-0.39, 0.29) is 5.91 Å². The Morgan fingerprint density at radius 3 is 2.69 bits per heavy atom. The summed E-state index contributed by atoms with van der Waals surface area (Å²) in [5, 5.41) is 0. The van der Waals surface area contributed by atoms with Gasteiger partial charge in [0, 0.05) is 19.7 Å². The minimum Gasteiger partial charge on any atom is -0.343 e. The van der Waals surface area contributed by atoms with Gasteiger partial charge in [0.15, 0.2) is 0 Å². The molecule has 0 spiro atoms. The van der Waals surface area contributed by atoms with E-state index in [9.17, 15) is 4.79 Å². The highest BCUT2D eigenvalue weighted by Gasteiger charge is 2.09. The van der Waals surface area contributed by atoms with Crippen LogP contribution in [-0.2, 0) is 4.79 Å². The summed E-state index contributed by atoms with van der Waals surface area (Å²) in [6, 6.07) is 0. The van der Waals surface area contributed by atoms with Crippen molar-refractivity contribution in [3.63, 3.8) is 0 Å². The van der Waals surface area contributed by atoms with Crippen molar-refractivity contribution in [3.05, 3.63) is 11.6 Å². The average molecular weight is 199 g/mol. The Morgan fingerprint density at radius 1 is 1.54 bits per heavy atom. The molecule has 1 heterocycles. The van der Waals surface area contributed by atoms with E-state index in [1.165, 1.54) is 17.1 Å². The number of rotatable bonds is 2. The molecule has 0 aliphatic carbocycles. The number of nitrogens with zero attached hydrogens (tertiary/aromatic N) is 1. The van der Waals surface area contributed by atoms with Crippen LogP contribution in [0.2, 0.25) is 0 Å². The average Bonchev–Trinajstić information content (AvgIpc) is 2.18. The number of amides is 1. The van der Waals surface area contributed by atoms with Gasteiger partial charge in [-0.15, -0.1) is 0 Å². The summed E-state index contributed by atoms with van der Waals surface area (Å²) < 4.78 is 0. The molecule has 0 atom stereocenters. The Morgan fingerprint density at radius 2 is 2.15 bits per heavy atom. The molecule has 0 aromatic heterocycles. The summed E-state index contributed by atoms with van der Waals surface area (Å²) in [6.07, 6.45) is 4.01. The number of hydrogen-bond donors (Lipinski definition) is 0. The molecule has 1 aliphatic heterocycles. The van der Waals surface area contributed by atoms with E-state index in [1.54, 1.807) is 4.90 Å². The first-order valence-electron chi connectivity index (χ1n) is 4.76. The van der Waals surface area contributed by atoms with Crippen molar-refractivity contribution in [3.8, 4) is 0 Å². The van der Waals surface area contributed by atoms with Crippen LogP contribution in [0.25, 0.3) is 0 Å². The van der Waals surface area contributed by atoms with Crippen molar-refractivity contribution in [2.24, 2.45) is 0 Å². The van der Waals surface area contributed by atoms with Crippen molar-refractivity contribution in [2.45, 2.75) is 19.8 Å². The predicted octanol–water partition coefficient (Wildman–Crippen LogP) is 1.92. The van der Waals surface area contributed by atoms with E-state index in [4.69, 9.17) is 0 Å². The van der Waals surface area contributed by atoms with Gasteiger partial charge < -0.3 is 4.90 Å². The fraction of sp³-hybridized carbons (Fsp3) is 0.700. The maximum atomic E-state index is 11.5. The van der Waals surface area contributed by atoms with Gasteiger partial charge in [-0.1, -0.05) is 5.57 Å². The second-order valence-electron chi connectivity index (χ2n) is 3.27. The molecule has 0 N–H and O–H groups in total. The highest BCUT2D eigenvalue weighted by Crippen LogP contribution is 2.21. The lowest BCUT2D eigenvalue weighted by molar-refractivity contribution is -0.124. The normalized spacial score (nSPS) is 16.9. The first kappa shape index (κ1) is 10.6. The van der Waals surface area contributed by atoms with E-state index in [0.29, 0.717) is 0 Å². The third-order valence-corrected chi connectivity index (χ3v) is 3.30. The molecule has 0 radical (unpaired) electrons. The van der Waals surface area contributed by atoms with Crippen molar-refractivity contribution in [1.82, 2.24) is 4.90 Å². The smallest absolute Gasteiger partial charge is 0.246 e. The Labute approximate surface area is 84.4 Å². The highest BCUT2D eigenvalue weighted by atomic mass is 32.2. The van der Waals surface area contributed by atoms with Gasteiger partial charge in [-0.2, -0.15) is 11.8 Å². The number of thioether (sulfide) groups is 1. The molecule has 2 nitrogen and oxygen atoms in total. The number of allylic oxidation sites excluding steroid dienone is 1. The summed E-state index contributed by atoms with van der Waals surface area (Å²) >= 11 is 1.97. The SMILES string of the molecule is CCN(C)C(=O)C=C1CCSCC1. The maximum Gasteiger partial charge on any atom is 0.246 e. The van der Waals surface area contributed by atoms with Crippen LogP contribution >= 0.6 is 11.8 Å². The van der Waals surface area contributed by atoms with E-state index in [0.717, 1.165) is 19.4 Å². The molecule has 13 heavy (non-hydrogen) atoms. The number of carbonyl (C=O) groups is 1. The molecular weight excluding hydrogens is 182 g/mol. The zero-order chi connectivity index (χ0) is 9.68. The molecule has 3 heteroatoms. The summed E-state index contributed by atoms with van der Waals surface area (Å²) in [6.45, 7) is 2.78. The second kappa shape index (κ2) is 5.32. The molecular formula is C10H17NOS. The van der Waals surface area contributed by atoms with Gasteiger partial charge >= 0.3 is 0 Å². The highest BCUT2D eigenvalue weighted by molar-refractivity contribution is 7.99. The maximum absolute atomic E-state index is 11.5. The van der Waals surface area contributed by atoms with Crippen molar-refractivity contribution in [1.29, 1.82) is 0 Å².